The van der Waals surface area contributed by atoms with Crippen LogP contribution in [0.25, 0.3) is 11.3 Å². The number of hydrogen-bond acceptors (Lipinski definition) is 3. The van der Waals surface area contributed by atoms with Gasteiger partial charge in [-0.3, -0.25) is 4.68 Å². The van der Waals surface area contributed by atoms with Crippen LogP contribution < -0.4 is 4.74 Å². The van der Waals surface area contributed by atoms with Gasteiger partial charge in [-0.2, -0.15) is 5.10 Å². The van der Waals surface area contributed by atoms with E-state index in [2.05, 4.69) is 21.0 Å². The van der Waals surface area contributed by atoms with Crippen LogP contribution in [0.15, 0.2) is 16.6 Å². The van der Waals surface area contributed by atoms with Crippen molar-refractivity contribution in [3.05, 3.63) is 33.4 Å². The molecule has 0 radical (unpaired) electrons. The minimum atomic E-state index is -1.03. The minimum absolute atomic E-state index is 0.111. The van der Waals surface area contributed by atoms with E-state index < -0.39 is 5.97 Å². The maximum absolute atomic E-state index is 11.2. The number of halogens is 1. The fraction of sp³-hybridized carbons (Fsp3) is 0.286. The topological polar surface area (TPSA) is 64.4 Å². The minimum Gasteiger partial charge on any atom is -0.496 e. The smallest absolute Gasteiger partial charge is 0.355 e. The number of aromatic nitrogens is 2. The van der Waals surface area contributed by atoms with Crippen molar-refractivity contribution >= 4 is 21.9 Å². The van der Waals surface area contributed by atoms with Gasteiger partial charge in [0.1, 0.15) is 11.4 Å². The molecular formula is C14H15BrN2O3. The number of ether oxygens (including phenoxy) is 1. The highest BCUT2D eigenvalue weighted by Gasteiger charge is 2.23. The fourth-order valence-electron chi connectivity index (χ4n) is 2.05. The van der Waals surface area contributed by atoms with E-state index in [0.29, 0.717) is 15.9 Å². The third kappa shape index (κ3) is 2.31. The summed E-state index contributed by atoms with van der Waals surface area (Å²) in [6.45, 7) is 3.99. The molecule has 0 saturated carbocycles. The number of methoxy groups -OCH3 is 1. The molecule has 0 aliphatic rings. The molecule has 0 bridgehead atoms. The largest absolute Gasteiger partial charge is 0.496 e. The van der Waals surface area contributed by atoms with Crippen molar-refractivity contribution in [3.63, 3.8) is 0 Å². The van der Waals surface area contributed by atoms with Crippen LogP contribution in [0.2, 0.25) is 0 Å². The highest BCUT2D eigenvalue weighted by atomic mass is 79.9. The van der Waals surface area contributed by atoms with Crippen LogP contribution >= 0.6 is 15.9 Å². The van der Waals surface area contributed by atoms with Crippen LogP contribution in [-0.4, -0.2) is 28.0 Å². The second-order valence-electron chi connectivity index (χ2n) is 4.58. The maximum Gasteiger partial charge on any atom is 0.355 e. The van der Waals surface area contributed by atoms with E-state index in [1.54, 1.807) is 14.2 Å². The number of aryl methyl sites for hydroxylation is 3. The van der Waals surface area contributed by atoms with Gasteiger partial charge in [0.05, 0.1) is 11.6 Å². The Morgan fingerprint density at radius 2 is 1.95 bits per heavy atom. The summed E-state index contributed by atoms with van der Waals surface area (Å²) < 4.78 is 7.18. The van der Waals surface area contributed by atoms with Crippen LogP contribution in [0.4, 0.5) is 0 Å². The molecule has 5 nitrogen and oxygen atoms in total. The molecule has 20 heavy (non-hydrogen) atoms. The van der Waals surface area contributed by atoms with Crippen molar-refractivity contribution in [2.24, 2.45) is 7.05 Å². The fourth-order valence-corrected chi connectivity index (χ4v) is 2.77. The number of hydrogen-bond donors (Lipinski definition) is 1. The second-order valence-corrected chi connectivity index (χ2v) is 5.37. The van der Waals surface area contributed by atoms with Crippen molar-refractivity contribution in [2.45, 2.75) is 13.8 Å². The predicted octanol–water partition coefficient (Wildman–Crippen LogP) is 3.17. The summed E-state index contributed by atoms with van der Waals surface area (Å²) >= 11 is 3.33. The zero-order valence-corrected chi connectivity index (χ0v) is 13.3. The Morgan fingerprint density at radius 3 is 2.45 bits per heavy atom. The van der Waals surface area contributed by atoms with E-state index in [1.165, 1.54) is 4.68 Å². The average Bonchev–Trinajstić information content (AvgIpc) is 2.67. The lowest BCUT2D eigenvalue weighted by molar-refractivity contribution is 0.0684. The zero-order chi connectivity index (χ0) is 15.0. The molecule has 0 spiro atoms. The standard InChI is InChI=1S/C14H15BrN2O3/c1-7-5-9(10(20-4)6-8(7)2)12-11(15)13(14(18)19)17(3)16-12/h5-6H,1-4H3,(H,18,19). The van der Waals surface area contributed by atoms with Crippen LogP contribution in [0.5, 0.6) is 5.75 Å². The summed E-state index contributed by atoms with van der Waals surface area (Å²) in [6.07, 6.45) is 0. The number of rotatable bonds is 3. The first-order chi connectivity index (χ1) is 9.36. The first-order valence-electron chi connectivity index (χ1n) is 5.98. The van der Waals surface area contributed by atoms with Crippen LogP contribution in [-0.2, 0) is 7.05 Å². The van der Waals surface area contributed by atoms with E-state index in [9.17, 15) is 9.90 Å². The number of benzene rings is 1. The van der Waals surface area contributed by atoms with Gasteiger partial charge in [-0.25, -0.2) is 4.79 Å². The van der Waals surface area contributed by atoms with Gasteiger partial charge in [0.2, 0.25) is 0 Å². The molecule has 0 amide bonds. The van der Waals surface area contributed by atoms with E-state index in [-0.39, 0.29) is 5.69 Å². The Balaban J connectivity index is 2.72. The molecule has 2 aromatic rings. The summed E-state index contributed by atoms with van der Waals surface area (Å²) in [5.41, 5.74) is 3.64. The van der Waals surface area contributed by atoms with Crippen molar-refractivity contribution < 1.29 is 14.6 Å². The Morgan fingerprint density at radius 1 is 1.35 bits per heavy atom. The Labute approximate surface area is 125 Å². The van der Waals surface area contributed by atoms with E-state index in [0.717, 1.165) is 16.7 Å². The Kier molecular flexibility index (Phi) is 3.85. The molecule has 0 unspecified atom stereocenters. The zero-order valence-electron chi connectivity index (χ0n) is 11.7. The van der Waals surface area contributed by atoms with Gasteiger partial charge >= 0.3 is 5.97 Å². The first kappa shape index (κ1) is 14.6. The van der Waals surface area contributed by atoms with Gasteiger partial charge < -0.3 is 9.84 Å². The summed E-state index contributed by atoms with van der Waals surface area (Å²) in [6, 6.07) is 3.87. The lowest BCUT2D eigenvalue weighted by atomic mass is 10.0. The predicted molar refractivity (Wildman–Crippen MR) is 79.3 cm³/mol. The molecule has 1 aromatic heterocycles. The van der Waals surface area contributed by atoms with Gasteiger partial charge in [-0.05, 0) is 53.0 Å². The third-order valence-corrected chi connectivity index (χ3v) is 4.01. The van der Waals surface area contributed by atoms with Crippen LogP contribution in [0.3, 0.4) is 0 Å². The first-order valence-corrected chi connectivity index (χ1v) is 6.77. The quantitative estimate of drug-likeness (QED) is 0.933. The van der Waals surface area contributed by atoms with Gasteiger partial charge in [0.15, 0.2) is 5.69 Å². The molecule has 6 heteroatoms. The SMILES string of the molecule is COc1cc(C)c(C)cc1-c1nn(C)c(C(=O)O)c1Br. The van der Waals surface area contributed by atoms with Crippen molar-refractivity contribution in [1.82, 2.24) is 9.78 Å². The van der Waals surface area contributed by atoms with E-state index in [1.807, 2.05) is 26.0 Å². The number of carboxylic acids is 1. The van der Waals surface area contributed by atoms with Crippen LogP contribution in [0, 0.1) is 13.8 Å². The summed E-state index contributed by atoms with van der Waals surface area (Å²) in [4.78, 5) is 11.2. The Hall–Kier alpha value is -1.82. The molecule has 1 N–H and O–H groups in total. The molecule has 0 aliphatic carbocycles. The summed E-state index contributed by atoms with van der Waals surface area (Å²) in [7, 11) is 3.19. The molecule has 1 heterocycles. The average molecular weight is 339 g/mol. The van der Waals surface area contributed by atoms with Gasteiger partial charge in [-0.15, -0.1) is 0 Å². The van der Waals surface area contributed by atoms with E-state index >= 15 is 0 Å². The molecule has 0 aliphatic heterocycles. The van der Waals surface area contributed by atoms with Crippen molar-refractivity contribution in [2.75, 3.05) is 7.11 Å². The van der Waals surface area contributed by atoms with Gasteiger partial charge in [-0.1, -0.05) is 0 Å². The molecule has 1 aromatic carbocycles. The number of nitrogens with zero attached hydrogens (tertiary/aromatic N) is 2. The van der Waals surface area contributed by atoms with Gasteiger partial charge in [0.25, 0.3) is 0 Å². The second kappa shape index (κ2) is 5.28. The number of carbonyl (C=O) groups is 1. The number of carboxylic acid groups (broad SMARTS) is 1. The van der Waals surface area contributed by atoms with E-state index in [4.69, 9.17) is 4.74 Å². The molecule has 0 fully saturated rings. The third-order valence-electron chi connectivity index (χ3n) is 3.26. The molecule has 0 saturated heterocycles. The Bertz CT molecular complexity index is 692. The maximum atomic E-state index is 11.2. The number of aromatic carboxylic acids is 1. The summed E-state index contributed by atoms with van der Waals surface area (Å²) in [5, 5.41) is 13.5. The van der Waals surface area contributed by atoms with Crippen LogP contribution in [0.1, 0.15) is 21.6 Å². The van der Waals surface area contributed by atoms with Gasteiger partial charge in [0, 0.05) is 12.6 Å². The molecule has 0 atom stereocenters. The molecule has 106 valence electrons. The highest BCUT2D eigenvalue weighted by Crippen LogP contribution is 2.37. The molecule has 2 rings (SSSR count). The lowest BCUT2D eigenvalue weighted by Gasteiger charge is -2.10. The van der Waals surface area contributed by atoms with Crippen molar-refractivity contribution in [1.29, 1.82) is 0 Å². The lowest BCUT2D eigenvalue weighted by Crippen LogP contribution is -2.05. The van der Waals surface area contributed by atoms with Crippen molar-refractivity contribution in [3.8, 4) is 17.0 Å². The summed E-state index contributed by atoms with van der Waals surface area (Å²) in [5.74, 6) is -0.357. The monoisotopic (exact) mass is 338 g/mol. The highest BCUT2D eigenvalue weighted by molar-refractivity contribution is 9.10. The normalized spacial score (nSPS) is 10.7. The molecular weight excluding hydrogens is 324 g/mol.